The molecule has 34 heavy (non-hydrogen) atoms. The molecule has 0 aromatic heterocycles. The van der Waals surface area contributed by atoms with Crippen molar-refractivity contribution in [3.8, 4) is 11.5 Å². The Balaban J connectivity index is 3.03. The minimum atomic E-state index is -1.11. The van der Waals surface area contributed by atoms with Crippen molar-refractivity contribution in [1.82, 2.24) is 5.32 Å². The van der Waals surface area contributed by atoms with Gasteiger partial charge in [0, 0.05) is 19.4 Å². The fourth-order valence-electron chi connectivity index (χ4n) is 2.88. The second-order valence-electron chi connectivity index (χ2n) is 8.81. The van der Waals surface area contributed by atoms with E-state index in [2.05, 4.69) is 10.1 Å². The molecule has 2 atom stereocenters. The molecule has 1 unspecified atom stereocenters. The van der Waals surface area contributed by atoms with Crippen LogP contribution in [0.3, 0.4) is 0 Å². The Hall–Kier alpha value is -3.14. The van der Waals surface area contributed by atoms with Crippen molar-refractivity contribution < 1.29 is 43.2 Å². The summed E-state index contributed by atoms with van der Waals surface area (Å²) in [5.74, 6) is -1.78. The zero-order valence-corrected chi connectivity index (χ0v) is 20.6. The molecule has 0 bridgehead atoms. The quantitative estimate of drug-likeness (QED) is 0.319. The molecule has 1 aromatic rings. The first-order valence-electron chi connectivity index (χ1n) is 11.2. The SMILES string of the molecule is COC(=O)OC(C)CN[C@@H](Cc1ccc(OC(=O)CC(C)C)c(OC(=O)CC(C)C)c1)C(=O)O. The van der Waals surface area contributed by atoms with Gasteiger partial charge in [-0.05, 0) is 42.9 Å². The van der Waals surface area contributed by atoms with E-state index in [1.807, 2.05) is 27.7 Å². The summed E-state index contributed by atoms with van der Waals surface area (Å²) < 4.78 is 20.2. The van der Waals surface area contributed by atoms with Crippen LogP contribution in [-0.2, 0) is 30.3 Å². The van der Waals surface area contributed by atoms with Crippen molar-refractivity contribution in [3.63, 3.8) is 0 Å². The molecule has 0 aliphatic carbocycles. The number of carboxylic acids is 1. The van der Waals surface area contributed by atoms with E-state index in [1.165, 1.54) is 19.2 Å². The van der Waals surface area contributed by atoms with Crippen LogP contribution in [0.1, 0.15) is 53.0 Å². The molecule has 190 valence electrons. The van der Waals surface area contributed by atoms with E-state index >= 15 is 0 Å². The number of methoxy groups -OCH3 is 1. The van der Waals surface area contributed by atoms with E-state index in [9.17, 15) is 24.3 Å². The average molecular weight is 482 g/mol. The number of rotatable bonds is 13. The summed E-state index contributed by atoms with van der Waals surface area (Å²) in [7, 11) is 1.18. The number of nitrogens with one attached hydrogen (secondary N) is 1. The molecule has 2 N–H and O–H groups in total. The van der Waals surface area contributed by atoms with Gasteiger partial charge in [0.2, 0.25) is 0 Å². The van der Waals surface area contributed by atoms with Gasteiger partial charge in [0.1, 0.15) is 12.1 Å². The molecule has 10 nitrogen and oxygen atoms in total. The highest BCUT2D eigenvalue weighted by molar-refractivity contribution is 5.77. The molecule has 0 aliphatic rings. The number of hydrogen-bond donors (Lipinski definition) is 2. The summed E-state index contributed by atoms with van der Waals surface area (Å²) in [6.45, 7) is 9.17. The molecule has 0 aliphatic heterocycles. The molecule has 10 heteroatoms. The fraction of sp³-hybridized carbons (Fsp3) is 0.583. The van der Waals surface area contributed by atoms with E-state index in [0.717, 1.165) is 0 Å². The molecule has 0 amide bonds. The summed E-state index contributed by atoms with van der Waals surface area (Å²) in [5, 5.41) is 12.4. The number of carbonyl (C=O) groups is 4. The average Bonchev–Trinajstić information content (AvgIpc) is 2.71. The highest BCUT2D eigenvalue weighted by Gasteiger charge is 2.22. The van der Waals surface area contributed by atoms with Gasteiger partial charge in [-0.25, -0.2) is 4.79 Å². The minimum absolute atomic E-state index is 0.0369. The lowest BCUT2D eigenvalue weighted by Crippen LogP contribution is -2.42. The Kier molecular flexibility index (Phi) is 12.1. The monoisotopic (exact) mass is 481 g/mol. The minimum Gasteiger partial charge on any atom is -0.480 e. The fourth-order valence-corrected chi connectivity index (χ4v) is 2.88. The van der Waals surface area contributed by atoms with E-state index < -0.39 is 36.2 Å². The number of hydrogen-bond acceptors (Lipinski definition) is 9. The Morgan fingerprint density at radius 2 is 1.47 bits per heavy atom. The summed E-state index contributed by atoms with van der Waals surface area (Å²) >= 11 is 0. The highest BCUT2D eigenvalue weighted by atomic mass is 16.7. The third kappa shape index (κ3) is 11.1. The van der Waals surface area contributed by atoms with Crippen molar-refractivity contribution in [3.05, 3.63) is 23.8 Å². The highest BCUT2D eigenvalue weighted by Crippen LogP contribution is 2.30. The van der Waals surface area contributed by atoms with Crippen molar-refractivity contribution in [2.24, 2.45) is 11.8 Å². The zero-order valence-electron chi connectivity index (χ0n) is 20.6. The van der Waals surface area contributed by atoms with Crippen LogP contribution in [-0.4, -0.2) is 55.0 Å². The van der Waals surface area contributed by atoms with Gasteiger partial charge >= 0.3 is 24.1 Å². The maximum Gasteiger partial charge on any atom is 0.508 e. The molecule has 0 heterocycles. The molecule has 0 radical (unpaired) electrons. The maximum absolute atomic E-state index is 12.2. The number of carbonyl (C=O) groups excluding carboxylic acids is 3. The second kappa shape index (κ2) is 14.2. The third-order valence-electron chi connectivity index (χ3n) is 4.46. The molecule has 0 fully saturated rings. The van der Waals surface area contributed by atoms with Crippen molar-refractivity contribution in [1.29, 1.82) is 0 Å². The zero-order chi connectivity index (χ0) is 25.8. The molecular weight excluding hydrogens is 446 g/mol. The van der Waals surface area contributed by atoms with Crippen LogP contribution in [0.2, 0.25) is 0 Å². The van der Waals surface area contributed by atoms with E-state index in [0.29, 0.717) is 5.56 Å². The molecule has 0 saturated carbocycles. The van der Waals surface area contributed by atoms with Gasteiger partial charge < -0.3 is 29.4 Å². The van der Waals surface area contributed by atoms with E-state index in [-0.39, 0.29) is 49.1 Å². The first kappa shape index (κ1) is 28.9. The summed E-state index contributed by atoms with van der Waals surface area (Å²) in [6, 6.07) is 3.55. The van der Waals surface area contributed by atoms with Crippen molar-refractivity contribution in [2.75, 3.05) is 13.7 Å². The smallest absolute Gasteiger partial charge is 0.480 e. The Morgan fingerprint density at radius 3 is 1.97 bits per heavy atom. The summed E-state index contributed by atoms with van der Waals surface area (Å²) in [5.41, 5.74) is 0.539. The van der Waals surface area contributed by atoms with Gasteiger partial charge in [-0.1, -0.05) is 33.8 Å². The number of aliphatic carboxylic acids is 1. The van der Waals surface area contributed by atoms with Crippen molar-refractivity contribution in [2.45, 2.75) is 66.0 Å². The maximum atomic E-state index is 12.2. The molecule has 0 saturated heterocycles. The van der Waals surface area contributed by atoms with Crippen LogP contribution in [0.15, 0.2) is 18.2 Å². The molecular formula is C24H35NO9. The lowest BCUT2D eigenvalue weighted by molar-refractivity contribution is -0.139. The van der Waals surface area contributed by atoms with Crippen LogP contribution in [0.25, 0.3) is 0 Å². The predicted octanol–water partition coefficient (Wildman–Crippen LogP) is 3.35. The summed E-state index contributed by atoms with van der Waals surface area (Å²) in [4.78, 5) is 47.3. The van der Waals surface area contributed by atoms with Gasteiger partial charge in [-0.15, -0.1) is 0 Å². The standard InChI is InChI=1S/C24H35NO9/c1-14(2)9-21(26)33-19-8-7-17(12-20(19)34-22(27)10-15(3)4)11-18(23(28)29)25-13-16(5)32-24(30)31-6/h7-8,12,14-16,18,25H,9-11,13H2,1-6H3,(H,28,29)/t16?,18-/m0/s1. The van der Waals surface area contributed by atoms with Crippen LogP contribution in [0, 0.1) is 11.8 Å². The van der Waals surface area contributed by atoms with Crippen LogP contribution in [0.5, 0.6) is 11.5 Å². The Bertz CT molecular complexity index is 851. The topological polar surface area (TPSA) is 137 Å². The van der Waals surface area contributed by atoms with E-state index in [4.69, 9.17) is 14.2 Å². The normalized spacial score (nSPS) is 12.7. The summed E-state index contributed by atoms with van der Waals surface area (Å²) in [6.07, 6.45) is -1.09. The van der Waals surface area contributed by atoms with Gasteiger partial charge in [0.25, 0.3) is 0 Å². The first-order chi connectivity index (χ1) is 15.9. The van der Waals surface area contributed by atoms with Gasteiger partial charge in [-0.3, -0.25) is 14.4 Å². The molecule has 1 aromatic carbocycles. The number of benzene rings is 1. The lowest BCUT2D eigenvalue weighted by atomic mass is 10.0. The second-order valence-corrected chi connectivity index (χ2v) is 8.81. The predicted molar refractivity (Wildman–Crippen MR) is 123 cm³/mol. The number of carboxylic acid groups (broad SMARTS) is 1. The molecule has 1 rings (SSSR count). The largest absolute Gasteiger partial charge is 0.508 e. The lowest BCUT2D eigenvalue weighted by Gasteiger charge is -2.19. The van der Waals surface area contributed by atoms with Crippen molar-refractivity contribution >= 4 is 24.1 Å². The third-order valence-corrected chi connectivity index (χ3v) is 4.46. The first-order valence-corrected chi connectivity index (χ1v) is 11.2. The van der Waals surface area contributed by atoms with Crippen LogP contribution in [0.4, 0.5) is 4.79 Å². The van der Waals surface area contributed by atoms with Gasteiger partial charge in [0.15, 0.2) is 11.5 Å². The number of ether oxygens (including phenoxy) is 4. The van der Waals surface area contributed by atoms with E-state index in [1.54, 1.807) is 13.0 Å². The molecule has 0 spiro atoms. The van der Waals surface area contributed by atoms with Gasteiger partial charge in [0.05, 0.1) is 7.11 Å². The van der Waals surface area contributed by atoms with Crippen LogP contribution < -0.4 is 14.8 Å². The Morgan fingerprint density at radius 1 is 0.912 bits per heavy atom. The van der Waals surface area contributed by atoms with Gasteiger partial charge in [-0.2, -0.15) is 0 Å². The van der Waals surface area contributed by atoms with Crippen LogP contribution >= 0.6 is 0 Å². The number of esters is 2. The Labute approximate surface area is 199 Å².